The quantitative estimate of drug-likeness (QED) is 0.0188. The standard InChI is InChI=1S/C50H90O14/c1-3-5-7-9-11-13-15-17-19-21-23-25-27-29-31-33-42(52)62-39(36-59-34-32-30-28-26-24-22-20-18-16-14-12-10-8-6-4-2)37-60-49-48(58)46(56)44(54)41(64-49)38-61-50-47(57)45(55)43(53)40(35-51)63-50/h10,12,16-19,39-41,43-51,53-58H,3-9,11,13-15,20-38H2,1-2H3/b12-10-,18-16-,19-17-. The van der Waals surface area contributed by atoms with Gasteiger partial charge in [0, 0.05) is 13.0 Å². The number of aliphatic hydroxyl groups is 7. The summed E-state index contributed by atoms with van der Waals surface area (Å²) < 4.78 is 34.2. The van der Waals surface area contributed by atoms with Crippen LogP contribution in [0.3, 0.4) is 0 Å². The van der Waals surface area contributed by atoms with Gasteiger partial charge in [-0.15, -0.1) is 0 Å². The highest BCUT2D eigenvalue weighted by Crippen LogP contribution is 2.26. The number of carbonyl (C=O) groups excluding carboxylic acids is 1. The van der Waals surface area contributed by atoms with Gasteiger partial charge in [-0.3, -0.25) is 4.79 Å². The summed E-state index contributed by atoms with van der Waals surface area (Å²) in [6.45, 7) is 3.60. The zero-order valence-corrected chi connectivity index (χ0v) is 39.5. The Balaban J connectivity index is 1.79. The molecule has 14 nitrogen and oxygen atoms in total. The van der Waals surface area contributed by atoms with E-state index in [9.17, 15) is 40.5 Å². The van der Waals surface area contributed by atoms with E-state index in [0.717, 1.165) is 83.5 Å². The Labute approximate surface area is 385 Å². The fraction of sp³-hybridized carbons (Fsp3) is 0.860. The Kier molecular flexibility index (Phi) is 34.8. The van der Waals surface area contributed by atoms with Crippen molar-refractivity contribution in [3.05, 3.63) is 36.5 Å². The number of rotatable bonds is 39. The number of aliphatic hydroxyl groups excluding tert-OH is 7. The van der Waals surface area contributed by atoms with Crippen molar-refractivity contribution in [2.24, 2.45) is 0 Å². The van der Waals surface area contributed by atoms with Crippen molar-refractivity contribution < 1.29 is 69.0 Å². The Hall–Kier alpha value is -1.79. The Bertz CT molecular complexity index is 1200. The van der Waals surface area contributed by atoms with Gasteiger partial charge in [-0.05, 0) is 64.2 Å². The van der Waals surface area contributed by atoms with E-state index in [1.165, 1.54) is 64.2 Å². The van der Waals surface area contributed by atoms with Crippen molar-refractivity contribution in [1.82, 2.24) is 0 Å². The van der Waals surface area contributed by atoms with Crippen LogP contribution in [-0.2, 0) is 33.2 Å². The van der Waals surface area contributed by atoms with Crippen molar-refractivity contribution in [1.29, 1.82) is 0 Å². The van der Waals surface area contributed by atoms with Crippen LogP contribution < -0.4 is 0 Å². The summed E-state index contributed by atoms with van der Waals surface area (Å²) in [5.41, 5.74) is 0. The lowest BCUT2D eigenvalue weighted by Crippen LogP contribution is -2.61. The second kappa shape index (κ2) is 38.2. The van der Waals surface area contributed by atoms with Gasteiger partial charge in [0.2, 0.25) is 0 Å². The molecule has 0 bridgehead atoms. The topological polar surface area (TPSA) is 214 Å². The molecular formula is C50H90O14. The second-order valence-corrected chi connectivity index (χ2v) is 17.6. The molecular weight excluding hydrogens is 825 g/mol. The van der Waals surface area contributed by atoms with Gasteiger partial charge < -0.3 is 64.2 Å². The zero-order valence-electron chi connectivity index (χ0n) is 39.5. The molecule has 0 aromatic carbocycles. The SMILES string of the molecule is CCCC/C=C\C/C=C\CCCCCCCCOCC(COC1OC(COC2OC(CO)C(O)C(O)C2O)C(O)C(O)C1O)OC(=O)CCCCCCC/C=C\CCCCCCCC. The van der Waals surface area contributed by atoms with Crippen LogP contribution in [0.15, 0.2) is 36.5 Å². The van der Waals surface area contributed by atoms with Crippen LogP contribution in [0.1, 0.15) is 174 Å². The van der Waals surface area contributed by atoms with Crippen LogP contribution in [0.2, 0.25) is 0 Å². The van der Waals surface area contributed by atoms with E-state index in [-0.39, 0.29) is 25.6 Å². The van der Waals surface area contributed by atoms with E-state index in [0.29, 0.717) is 13.0 Å². The number of allylic oxidation sites excluding steroid dienone is 6. The van der Waals surface area contributed by atoms with E-state index >= 15 is 0 Å². The summed E-state index contributed by atoms with van der Waals surface area (Å²) in [6, 6.07) is 0. The van der Waals surface area contributed by atoms with E-state index in [1.807, 2.05) is 0 Å². The van der Waals surface area contributed by atoms with Crippen molar-refractivity contribution in [2.45, 2.75) is 242 Å². The molecule has 0 aliphatic carbocycles. The lowest BCUT2D eigenvalue weighted by Gasteiger charge is -2.42. The summed E-state index contributed by atoms with van der Waals surface area (Å²) in [5.74, 6) is -0.389. The third-order valence-electron chi connectivity index (χ3n) is 11.9. The third kappa shape index (κ3) is 25.9. The zero-order chi connectivity index (χ0) is 46.6. The van der Waals surface area contributed by atoms with E-state index in [4.69, 9.17) is 28.4 Å². The molecule has 2 rings (SSSR count). The molecule has 11 unspecified atom stereocenters. The normalized spacial score (nSPS) is 27.0. The first-order chi connectivity index (χ1) is 31.1. The maximum Gasteiger partial charge on any atom is 0.306 e. The molecule has 374 valence electrons. The molecule has 14 heteroatoms. The van der Waals surface area contributed by atoms with Gasteiger partial charge in [-0.2, -0.15) is 0 Å². The first-order valence-electron chi connectivity index (χ1n) is 25.1. The minimum Gasteiger partial charge on any atom is -0.457 e. The summed E-state index contributed by atoms with van der Waals surface area (Å²) in [6.07, 6.45) is 24.9. The molecule has 2 heterocycles. The van der Waals surface area contributed by atoms with Crippen molar-refractivity contribution in [3.8, 4) is 0 Å². The molecule has 0 radical (unpaired) electrons. The fourth-order valence-electron chi connectivity index (χ4n) is 7.71. The highest BCUT2D eigenvalue weighted by Gasteiger charge is 2.47. The molecule has 0 spiro atoms. The second-order valence-electron chi connectivity index (χ2n) is 17.6. The lowest BCUT2D eigenvalue weighted by atomic mass is 9.98. The molecule has 11 atom stereocenters. The molecule has 0 aromatic rings. The van der Waals surface area contributed by atoms with Crippen molar-refractivity contribution in [3.63, 3.8) is 0 Å². The van der Waals surface area contributed by atoms with Crippen LogP contribution in [0.4, 0.5) is 0 Å². The van der Waals surface area contributed by atoms with Crippen LogP contribution in [0.25, 0.3) is 0 Å². The molecule has 7 N–H and O–H groups in total. The van der Waals surface area contributed by atoms with Gasteiger partial charge in [0.05, 0.1) is 26.4 Å². The number of carbonyl (C=O) groups is 1. The highest BCUT2D eigenvalue weighted by molar-refractivity contribution is 5.69. The average molecular weight is 915 g/mol. The van der Waals surface area contributed by atoms with Gasteiger partial charge in [-0.1, -0.05) is 140 Å². The monoisotopic (exact) mass is 915 g/mol. The average Bonchev–Trinajstić information content (AvgIpc) is 3.29. The smallest absolute Gasteiger partial charge is 0.306 e. The molecule has 2 aliphatic heterocycles. The van der Waals surface area contributed by atoms with Gasteiger partial charge in [0.15, 0.2) is 12.6 Å². The Morgan fingerprint density at radius 2 is 0.984 bits per heavy atom. The molecule has 2 aliphatic rings. The summed E-state index contributed by atoms with van der Waals surface area (Å²) in [4.78, 5) is 13.0. The number of ether oxygens (including phenoxy) is 6. The van der Waals surface area contributed by atoms with E-state index in [1.54, 1.807) is 0 Å². The minimum absolute atomic E-state index is 0.0515. The summed E-state index contributed by atoms with van der Waals surface area (Å²) >= 11 is 0. The highest BCUT2D eigenvalue weighted by atomic mass is 16.7. The van der Waals surface area contributed by atoms with Gasteiger partial charge in [0.1, 0.15) is 54.9 Å². The van der Waals surface area contributed by atoms with Crippen LogP contribution >= 0.6 is 0 Å². The predicted molar refractivity (Wildman–Crippen MR) is 247 cm³/mol. The fourth-order valence-corrected chi connectivity index (χ4v) is 7.71. The Morgan fingerprint density at radius 1 is 0.516 bits per heavy atom. The van der Waals surface area contributed by atoms with Crippen LogP contribution in [-0.4, -0.2) is 142 Å². The van der Waals surface area contributed by atoms with Crippen molar-refractivity contribution in [2.75, 3.05) is 33.0 Å². The molecule has 0 aromatic heterocycles. The maximum atomic E-state index is 13.0. The number of hydrogen-bond donors (Lipinski definition) is 7. The first kappa shape index (κ1) is 58.3. The molecule has 2 saturated heterocycles. The third-order valence-corrected chi connectivity index (χ3v) is 11.9. The summed E-state index contributed by atoms with van der Waals surface area (Å²) in [5, 5.41) is 72.0. The van der Waals surface area contributed by atoms with E-state index in [2.05, 4.69) is 50.3 Å². The van der Waals surface area contributed by atoms with Crippen LogP contribution in [0.5, 0.6) is 0 Å². The lowest BCUT2D eigenvalue weighted by molar-refractivity contribution is -0.332. The molecule has 0 saturated carbocycles. The minimum atomic E-state index is -1.71. The Morgan fingerprint density at radius 3 is 1.56 bits per heavy atom. The summed E-state index contributed by atoms with van der Waals surface area (Å²) in [7, 11) is 0. The van der Waals surface area contributed by atoms with Gasteiger partial charge in [0.25, 0.3) is 0 Å². The maximum absolute atomic E-state index is 13.0. The van der Waals surface area contributed by atoms with Gasteiger partial charge in [-0.25, -0.2) is 0 Å². The van der Waals surface area contributed by atoms with Gasteiger partial charge >= 0.3 is 5.97 Å². The van der Waals surface area contributed by atoms with Crippen LogP contribution in [0, 0.1) is 0 Å². The molecule has 2 fully saturated rings. The number of hydrogen-bond acceptors (Lipinski definition) is 14. The van der Waals surface area contributed by atoms with E-state index < -0.39 is 80.7 Å². The number of unbranched alkanes of at least 4 members (excludes halogenated alkanes) is 19. The first-order valence-corrected chi connectivity index (χ1v) is 25.1. The molecule has 0 amide bonds. The van der Waals surface area contributed by atoms with Crippen molar-refractivity contribution >= 4 is 5.97 Å². The predicted octanol–water partition coefficient (Wildman–Crippen LogP) is 7.02. The largest absolute Gasteiger partial charge is 0.457 e. The molecule has 64 heavy (non-hydrogen) atoms. The number of esters is 1.